The van der Waals surface area contributed by atoms with E-state index in [1.807, 2.05) is 0 Å². The maximum Gasteiger partial charge on any atom is 0.199 e. The summed E-state index contributed by atoms with van der Waals surface area (Å²) in [6.45, 7) is 1.58. The molecule has 1 heterocycles. The molecule has 2 aromatic rings. The molecule has 1 aromatic carbocycles. The molecule has 18 heavy (non-hydrogen) atoms. The van der Waals surface area contributed by atoms with Crippen LogP contribution in [0.3, 0.4) is 0 Å². The minimum Gasteiger partial charge on any atom is -0.317 e. The van der Waals surface area contributed by atoms with Gasteiger partial charge in [-0.1, -0.05) is 0 Å². The van der Waals surface area contributed by atoms with E-state index >= 15 is 0 Å². The summed E-state index contributed by atoms with van der Waals surface area (Å²) in [6, 6.07) is 5.93. The van der Waals surface area contributed by atoms with Crippen LogP contribution in [-0.4, -0.2) is 4.57 Å². The number of aryl methyl sites for hydroxylation is 1. The number of pyridine rings is 1. The molecule has 5 heteroatoms. The Kier molecular flexibility index (Phi) is 2.94. The molecule has 0 saturated carbocycles. The fraction of sp³-hybridized carbons (Fsp3) is 0.0769. The molecule has 0 N–H and O–H groups in total. The number of benzene rings is 1. The second kappa shape index (κ2) is 4.41. The highest BCUT2D eigenvalue weighted by atomic mass is 19.1. The standard InChI is InChI=1S/C13H8F2N2O/c1-8-4-13(18)9(6-16)7-17(8)12-5-10(14)2-3-11(12)15/h2-5,7H,1H3. The molecule has 90 valence electrons. The average molecular weight is 246 g/mol. The zero-order valence-corrected chi connectivity index (χ0v) is 9.45. The van der Waals surface area contributed by atoms with Crippen molar-refractivity contribution in [2.45, 2.75) is 6.92 Å². The van der Waals surface area contributed by atoms with Gasteiger partial charge in [0, 0.05) is 24.0 Å². The lowest BCUT2D eigenvalue weighted by Gasteiger charge is -2.11. The fourth-order valence-corrected chi connectivity index (χ4v) is 1.65. The van der Waals surface area contributed by atoms with E-state index in [1.54, 1.807) is 13.0 Å². The normalized spacial score (nSPS) is 10.1. The van der Waals surface area contributed by atoms with Gasteiger partial charge in [0.05, 0.1) is 5.69 Å². The van der Waals surface area contributed by atoms with Gasteiger partial charge in [-0.3, -0.25) is 4.79 Å². The topological polar surface area (TPSA) is 45.8 Å². The van der Waals surface area contributed by atoms with Crippen LogP contribution in [0.4, 0.5) is 8.78 Å². The molecule has 0 radical (unpaired) electrons. The summed E-state index contributed by atoms with van der Waals surface area (Å²) >= 11 is 0. The van der Waals surface area contributed by atoms with E-state index in [0.29, 0.717) is 5.69 Å². The molecule has 2 rings (SSSR count). The Hall–Kier alpha value is -2.48. The number of hydrogen-bond donors (Lipinski definition) is 0. The summed E-state index contributed by atoms with van der Waals surface area (Å²) in [4.78, 5) is 11.4. The molecule has 3 nitrogen and oxygen atoms in total. The van der Waals surface area contributed by atoms with Crippen LogP contribution in [0.2, 0.25) is 0 Å². The highest BCUT2D eigenvalue weighted by Crippen LogP contribution is 2.16. The first kappa shape index (κ1) is 12.0. The number of aromatic nitrogens is 1. The maximum absolute atomic E-state index is 13.6. The van der Waals surface area contributed by atoms with Gasteiger partial charge >= 0.3 is 0 Å². The molecule has 0 aliphatic heterocycles. The SMILES string of the molecule is Cc1cc(=O)c(C#N)cn1-c1cc(F)ccc1F. The molecular weight excluding hydrogens is 238 g/mol. The van der Waals surface area contributed by atoms with Gasteiger partial charge in [-0.25, -0.2) is 8.78 Å². The van der Waals surface area contributed by atoms with Crippen LogP contribution >= 0.6 is 0 Å². The molecule has 0 aliphatic carbocycles. The predicted molar refractivity (Wildman–Crippen MR) is 61.4 cm³/mol. The van der Waals surface area contributed by atoms with Gasteiger partial charge < -0.3 is 4.57 Å². The van der Waals surface area contributed by atoms with Crippen molar-refractivity contribution in [2.75, 3.05) is 0 Å². The zero-order valence-electron chi connectivity index (χ0n) is 9.45. The molecule has 0 saturated heterocycles. The molecule has 0 amide bonds. The molecule has 0 aliphatic rings. The van der Waals surface area contributed by atoms with Crippen molar-refractivity contribution in [3.63, 3.8) is 0 Å². The van der Waals surface area contributed by atoms with Crippen LogP contribution < -0.4 is 5.43 Å². The monoisotopic (exact) mass is 246 g/mol. The quantitative estimate of drug-likeness (QED) is 0.775. The van der Waals surface area contributed by atoms with E-state index < -0.39 is 17.1 Å². The fourth-order valence-electron chi connectivity index (χ4n) is 1.65. The van der Waals surface area contributed by atoms with Crippen molar-refractivity contribution in [3.05, 3.63) is 63.6 Å². The van der Waals surface area contributed by atoms with Crippen LogP contribution in [-0.2, 0) is 0 Å². The smallest absolute Gasteiger partial charge is 0.199 e. The van der Waals surface area contributed by atoms with Crippen molar-refractivity contribution in [3.8, 4) is 11.8 Å². The maximum atomic E-state index is 13.6. The summed E-state index contributed by atoms with van der Waals surface area (Å²) in [7, 11) is 0. The van der Waals surface area contributed by atoms with Crippen LogP contribution in [0.15, 0.2) is 35.3 Å². The van der Waals surface area contributed by atoms with E-state index in [2.05, 4.69) is 0 Å². The van der Waals surface area contributed by atoms with Crippen molar-refractivity contribution in [1.29, 1.82) is 5.26 Å². The number of halogens is 2. The lowest BCUT2D eigenvalue weighted by Crippen LogP contribution is -2.13. The van der Waals surface area contributed by atoms with E-state index in [9.17, 15) is 13.6 Å². The zero-order chi connectivity index (χ0) is 13.3. The summed E-state index contributed by atoms with van der Waals surface area (Å²) in [5, 5.41) is 8.77. The van der Waals surface area contributed by atoms with E-state index in [1.165, 1.54) is 16.8 Å². The second-order valence-corrected chi connectivity index (χ2v) is 3.77. The first-order valence-electron chi connectivity index (χ1n) is 5.12. The highest BCUT2D eigenvalue weighted by molar-refractivity contribution is 5.39. The van der Waals surface area contributed by atoms with Gasteiger partial charge in [0.25, 0.3) is 0 Å². The largest absolute Gasteiger partial charge is 0.317 e. The van der Waals surface area contributed by atoms with Crippen LogP contribution in [0.25, 0.3) is 5.69 Å². The average Bonchev–Trinajstić information content (AvgIpc) is 2.33. The number of nitriles is 1. The Labute approximate surface area is 102 Å². The second-order valence-electron chi connectivity index (χ2n) is 3.77. The van der Waals surface area contributed by atoms with Crippen LogP contribution in [0.5, 0.6) is 0 Å². The number of nitrogens with zero attached hydrogens (tertiary/aromatic N) is 2. The van der Waals surface area contributed by atoms with Gasteiger partial charge in [0.1, 0.15) is 23.3 Å². The Bertz CT molecular complexity index is 714. The van der Waals surface area contributed by atoms with E-state index in [4.69, 9.17) is 5.26 Å². The van der Waals surface area contributed by atoms with E-state index in [0.717, 1.165) is 18.2 Å². The van der Waals surface area contributed by atoms with Gasteiger partial charge in [0.2, 0.25) is 0 Å². The Morgan fingerprint density at radius 3 is 2.67 bits per heavy atom. The summed E-state index contributed by atoms with van der Waals surface area (Å²) in [6.07, 6.45) is 1.20. The predicted octanol–water partition coefficient (Wildman–Crippen LogP) is 2.30. The lowest BCUT2D eigenvalue weighted by atomic mass is 10.2. The Balaban J connectivity index is 2.75. The van der Waals surface area contributed by atoms with Gasteiger partial charge in [-0.2, -0.15) is 5.26 Å². The lowest BCUT2D eigenvalue weighted by molar-refractivity contribution is 0.591. The first-order valence-corrected chi connectivity index (χ1v) is 5.12. The minimum absolute atomic E-state index is 0.0380. The third-order valence-corrected chi connectivity index (χ3v) is 2.53. The molecule has 0 fully saturated rings. The molecule has 0 spiro atoms. The first-order chi connectivity index (χ1) is 8.52. The van der Waals surface area contributed by atoms with Crippen LogP contribution in [0, 0.1) is 29.9 Å². The molecule has 0 bridgehead atoms. The van der Waals surface area contributed by atoms with Gasteiger partial charge in [-0.05, 0) is 19.1 Å². The highest BCUT2D eigenvalue weighted by Gasteiger charge is 2.10. The third kappa shape index (κ3) is 2.00. The number of hydrogen-bond acceptors (Lipinski definition) is 2. The molecule has 0 unspecified atom stereocenters. The van der Waals surface area contributed by atoms with Gasteiger partial charge in [0.15, 0.2) is 5.43 Å². The minimum atomic E-state index is -0.632. The van der Waals surface area contributed by atoms with Gasteiger partial charge in [-0.15, -0.1) is 0 Å². The van der Waals surface area contributed by atoms with Crippen LogP contribution in [0.1, 0.15) is 11.3 Å². The van der Waals surface area contributed by atoms with E-state index in [-0.39, 0.29) is 11.3 Å². The number of rotatable bonds is 1. The van der Waals surface area contributed by atoms with Crippen molar-refractivity contribution < 1.29 is 8.78 Å². The molecule has 0 atom stereocenters. The molecular formula is C13H8F2N2O. The summed E-state index contributed by atoms with van der Waals surface area (Å²) in [5.41, 5.74) is -0.181. The van der Waals surface area contributed by atoms with Crippen molar-refractivity contribution in [1.82, 2.24) is 4.57 Å². The van der Waals surface area contributed by atoms with Crippen molar-refractivity contribution >= 4 is 0 Å². The Morgan fingerprint density at radius 2 is 2.00 bits per heavy atom. The third-order valence-electron chi connectivity index (χ3n) is 2.53. The summed E-state index contributed by atoms with van der Waals surface area (Å²) in [5.74, 6) is -1.23. The molecule has 1 aromatic heterocycles. The summed E-state index contributed by atoms with van der Waals surface area (Å²) < 4.78 is 28.0. The van der Waals surface area contributed by atoms with Crippen molar-refractivity contribution in [2.24, 2.45) is 0 Å². The Morgan fingerprint density at radius 1 is 1.28 bits per heavy atom.